The number of hydrogen-bond donors (Lipinski definition) is 2. The molecule has 2 heterocycles. The number of benzene rings is 2. The van der Waals surface area contributed by atoms with Crippen molar-refractivity contribution in [3.05, 3.63) is 59.8 Å². The molecule has 1 fully saturated rings. The zero-order valence-electron chi connectivity index (χ0n) is 19.5. The molecule has 2 N–H and O–H groups in total. The van der Waals surface area contributed by atoms with Crippen LogP contribution in [-0.4, -0.2) is 70.7 Å². The van der Waals surface area contributed by atoms with Gasteiger partial charge in [-0.1, -0.05) is 13.0 Å². The molecule has 0 spiro atoms. The first kappa shape index (κ1) is 23.2. The van der Waals surface area contributed by atoms with Crippen LogP contribution in [0.25, 0.3) is 10.9 Å². The highest BCUT2D eigenvalue weighted by molar-refractivity contribution is 5.98. The van der Waals surface area contributed by atoms with Crippen LogP contribution >= 0.6 is 0 Å². The second-order valence-corrected chi connectivity index (χ2v) is 8.53. The topological polar surface area (TPSA) is 108 Å². The summed E-state index contributed by atoms with van der Waals surface area (Å²) in [6, 6.07) is 12.3. The predicted molar refractivity (Wildman–Crippen MR) is 131 cm³/mol. The minimum absolute atomic E-state index is 0.0242. The fraction of sp³-hybridized carbons (Fsp3) is 0.320. The second-order valence-electron chi connectivity index (χ2n) is 8.53. The Balaban J connectivity index is 1.40. The van der Waals surface area contributed by atoms with E-state index in [1.54, 1.807) is 68.5 Å². The van der Waals surface area contributed by atoms with Crippen LogP contribution in [-0.2, 0) is 4.79 Å². The zero-order chi connectivity index (χ0) is 24.2. The largest absolute Gasteiger partial charge is 0.350 e. The van der Waals surface area contributed by atoms with Crippen molar-refractivity contribution in [3.63, 3.8) is 0 Å². The molecule has 4 rings (SSSR count). The zero-order valence-corrected chi connectivity index (χ0v) is 19.5. The lowest BCUT2D eigenvalue weighted by atomic mass is 10.1. The van der Waals surface area contributed by atoms with Gasteiger partial charge >= 0.3 is 0 Å². The normalized spacial score (nSPS) is 15.3. The fourth-order valence-corrected chi connectivity index (χ4v) is 3.86. The van der Waals surface area contributed by atoms with Crippen LogP contribution in [0.1, 0.15) is 40.5 Å². The molecule has 34 heavy (non-hydrogen) atoms. The van der Waals surface area contributed by atoms with E-state index >= 15 is 0 Å². The maximum atomic E-state index is 12.9. The molecule has 1 aliphatic heterocycles. The number of aromatic nitrogens is 2. The summed E-state index contributed by atoms with van der Waals surface area (Å²) in [5.74, 6) is 0.269. The van der Waals surface area contributed by atoms with Crippen LogP contribution in [0.4, 0.5) is 11.6 Å². The monoisotopic (exact) mass is 460 g/mol. The number of hydrogen-bond acceptors (Lipinski definition) is 6. The Kier molecular flexibility index (Phi) is 6.72. The number of carbonyl (C=O) groups is 3. The molecule has 1 aliphatic rings. The standard InChI is InChI=1S/C25H28N6O3/c1-4-22(32)27-19-9-7-16(8-10-19)24(34)31-12-11-20(15-31)28-25-26-14-18-6-5-17(13-21(18)29-25)23(33)30(2)3/h5-10,13-14,20H,4,11-12,15H2,1-3H3,(H,27,32)(H,26,28,29). The first-order valence-electron chi connectivity index (χ1n) is 11.3. The average Bonchev–Trinajstić information content (AvgIpc) is 3.31. The third-order valence-corrected chi connectivity index (χ3v) is 5.78. The molecular formula is C25H28N6O3. The number of anilines is 2. The van der Waals surface area contributed by atoms with E-state index < -0.39 is 0 Å². The third kappa shape index (κ3) is 5.14. The minimum atomic E-state index is -0.0826. The summed E-state index contributed by atoms with van der Waals surface area (Å²) in [4.78, 5) is 49.0. The molecule has 9 nitrogen and oxygen atoms in total. The van der Waals surface area contributed by atoms with E-state index in [-0.39, 0.29) is 23.8 Å². The Morgan fingerprint density at radius 2 is 1.82 bits per heavy atom. The first-order chi connectivity index (χ1) is 16.3. The highest BCUT2D eigenvalue weighted by atomic mass is 16.2. The molecule has 0 aliphatic carbocycles. The number of likely N-dealkylation sites (tertiary alicyclic amines) is 1. The van der Waals surface area contributed by atoms with Crippen LogP contribution in [0.2, 0.25) is 0 Å². The number of fused-ring (bicyclic) bond motifs is 1. The smallest absolute Gasteiger partial charge is 0.253 e. The lowest BCUT2D eigenvalue weighted by Crippen LogP contribution is -2.31. The maximum Gasteiger partial charge on any atom is 0.253 e. The van der Waals surface area contributed by atoms with Gasteiger partial charge in [0.15, 0.2) is 0 Å². The Morgan fingerprint density at radius 3 is 2.53 bits per heavy atom. The van der Waals surface area contributed by atoms with Crippen molar-refractivity contribution in [2.45, 2.75) is 25.8 Å². The SMILES string of the molecule is CCC(=O)Nc1ccc(C(=O)N2CCC(Nc3ncc4ccc(C(=O)N(C)C)cc4n3)C2)cc1. The molecule has 9 heteroatoms. The van der Waals surface area contributed by atoms with Gasteiger partial charge in [-0.15, -0.1) is 0 Å². The molecule has 0 bridgehead atoms. The van der Waals surface area contributed by atoms with Crippen molar-refractivity contribution in [3.8, 4) is 0 Å². The Morgan fingerprint density at radius 1 is 1.09 bits per heavy atom. The van der Waals surface area contributed by atoms with E-state index in [9.17, 15) is 14.4 Å². The molecule has 2 aromatic carbocycles. The van der Waals surface area contributed by atoms with Crippen LogP contribution in [0, 0.1) is 0 Å². The minimum Gasteiger partial charge on any atom is -0.350 e. The van der Waals surface area contributed by atoms with Gasteiger partial charge in [0.05, 0.1) is 5.52 Å². The molecule has 1 aromatic heterocycles. The molecule has 176 valence electrons. The number of nitrogens with one attached hydrogen (secondary N) is 2. The lowest BCUT2D eigenvalue weighted by molar-refractivity contribution is -0.115. The molecule has 1 atom stereocenters. The summed E-state index contributed by atoms with van der Waals surface area (Å²) >= 11 is 0. The van der Waals surface area contributed by atoms with E-state index in [1.165, 1.54) is 4.90 Å². The van der Waals surface area contributed by atoms with Gasteiger partial charge in [0, 0.05) is 68.0 Å². The summed E-state index contributed by atoms with van der Waals surface area (Å²) in [7, 11) is 3.43. The van der Waals surface area contributed by atoms with Gasteiger partial charge in [0.1, 0.15) is 0 Å². The number of amides is 3. The molecule has 3 amide bonds. The summed E-state index contributed by atoms with van der Waals surface area (Å²) in [5.41, 5.74) is 2.51. The first-order valence-corrected chi connectivity index (χ1v) is 11.3. The molecule has 3 aromatic rings. The third-order valence-electron chi connectivity index (χ3n) is 5.78. The Hall–Kier alpha value is -4.01. The van der Waals surface area contributed by atoms with Crippen molar-refractivity contribution < 1.29 is 14.4 Å². The van der Waals surface area contributed by atoms with Gasteiger partial charge in [-0.3, -0.25) is 14.4 Å². The molecule has 1 unspecified atom stereocenters. The summed E-state index contributed by atoms with van der Waals surface area (Å²) in [5, 5.41) is 6.95. The Bertz CT molecular complexity index is 1230. The van der Waals surface area contributed by atoms with Gasteiger partial charge in [0.25, 0.3) is 11.8 Å². The van der Waals surface area contributed by atoms with Gasteiger partial charge < -0.3 is 20.4 Å². The van der Waals surface area contributed by atoms with Crippen LogP contribution in [0.5, 0.6) is 0 Å². The fourth-order valence-electron chi connectivity index (χ4n) is 3.86. The summed E-state index contributed by atoms with van der Waals surface area (Å²) < 4.78 is 0. The van der Waals surface area contributed by atoms with E-state index in [1.807, 2.05) is 6.07 Å². The number of rotatable bonds is 6. The molecule has 0 saturated carbocycles. The van der Waals surface area contributed by atoms with Crippen molar-refractivity contribution in [2.75, 3.05) is 37.8 Å². The van der Waals surface area contributed by atoms with Crippen LogP contribution in [0.15, 0.2) is 48.7 Å². The molecule has 1 saturated heterocycles. The quantitative estimate of drug-likeness (QED) is 0.586. The van der Waals surface area contributed by atoms with Crippen molar-refractivity contribution in [2.24, 2.45) is 0 Å². The lowest BCUT2D eigenvalue weighted by Gasteiger charge is -2.17. The highest BCUT2D eigenvalue weighted by Gasteiger charge is 2.27. The summed E-state index contributed by atoms with van der Waals surface area (Å²) in [6.07, 6.45) is 2.90. The average molecular weight is 461 g/mol. The predicted octanol–water partition coefficient (Wildman–Crippen LogP) is 3.01. The maximum absolute atomic E-state index is 12.9. The van der Waals surface area contributed by atoms with Crippen molar-refractivity contribution in [1.82, 2.24) is 19.8 Å². The van der Waals surface area contributed by atoms with Crippen LogP contribution in [0.3, 0.4) is 0 Å². The van der Waals surface area contributed by atoms with E-state index in [0.29, 0.717) is 47.8 Å². The van der Waals surface area contributed by atoms with E-state index in [4.69, 9.17) is 0 Å². The Labute approximate surface area is 198 Å². The molecule has 0 radical (unpaired) electrons. The van der Waals surface area contributed by atoms with Gasteiger partial charge in [0.2, 0.25) is 11.9 Å². The van der Waals surface area contributed by atoms with Crippen molar-refractivity contribution in [1.29, 1.82) is 0 Å². The van der Waals surface area contributed by atoms with Crippen LogP contribution < -0.4 is 10.6 Å². The number of nitrogens with zero attached hydrogens (tertiary/aromatic N) is 4. The van der Waals surface area contributed by atoms with Gasteiger partial charge in [-0.25, -0.2) is 9.97 Å². The molecular weight excluding hydrogens is 432 g/mol. The van der Waals surface area contributed by atoms with Gasteiger partial charge in [-0.2, -0.15) is 0 Å². The second kappa shape index (κ2) is 9.86. The highest BCUT2D eigenvalue weighted by Crippen LogP contribution is 2.20. The van der Waals surface area contributed by atoms with E-state index in [0.717, 1.165) is 11.8 Å². The number of carbonyl (C=O) groups excluding carboxylic acids is 3. The van der Waals surface area contributed by atoms with Gasteiger partial charge in [-0.05, 0) is 42.8 Å². The summed E-state index contributed by atoms with van der Waals surface area (Å²) in [6.45, 7) is 2.95. The van der Waals surface area contributed by atoms with E-state index in [2.05, 4.69) is 20.6 Å². The van der Waals surface area contributed by atoms with Crippen molar-refractivity contribution >= 4 is 40.3 Å².